The molecule has 0 saturated heterocycles. The highest BCUT2D eigenvalue weighted by molar-refractivity contribution is 9.13. The van der Waals surface area contributed by atoms with Crippen molar-refractivity contribution in [3.05, 3.63) is 50.8 Å². The summed E-state index contributed by atoms with van der Waals surface area (Å²) in [5, 5.41) is 10.9. The Hall–Kier alpha value is -1.44. The minimum absolute atomic E-state index is 0.0809. The molecule has 1 aliphatic heterocycles. The van der Waals surface area contributed by atoms with Gasteiger partial charge in [-0.15, -0.1) is 0 Å². The monoisotopic (exact) mass is 441 g/mol. The molecule has 0 fully saturated rings. The molecule has 1 N–H and O–H groups in total. The lowest BCUT2D eigenvalue weighted by Crippen LogP contribution is -2.41. The maximum Gasteiger partial charge on any atom is 0.264 e. The fourth-order valence-corrected chi connectivity index (χ4v) is 3.37. The van der Waals surface area contributed by atoms with Gasteiger partial charge in [0.25, 0.3) is 5.91 Å². The molecule has 1 aliphatic rings. The molecule has 1 atom stereocenters. The lowest BCUT2D eigenvalue weighted by atomic mass is 9.89. The van der Waals surface area contributed by atoms with Crippen molar-refractivity contribution in [1.29, 1.82) is 0 Å². The average molecular weight is 443 g/mol. The summed E-state index contributed by atoms with van der Waals surface area (Å²) >= 11 is 6.40. The van der Waals surface area contributed by atoms with Crippen molar-refractivity contribution >= 4 is 49.2 Å². The van der Waals surface area contributed by atoms with Crippen LogP contribution in [0.3, 0.4) is 0 Å². The molecular weight excluding hydrogens is 430 g/mol. The van der Waals surface area contributed by atoms with Gasteiger partial charge in [0.2, 0.25) is 5.78 Å². The molecule has 1 aromatic carbocycles. The highest BCUT2D eigenvalue weighted by Crippen LogP contribution is 2.43. The molecule has 0 unspecified atom stereocenters. The first kappa shape index (κ1) is 16.4. The summed E-state index contributed by atoms with van der Waals surface area (Å²) in [4.78, 5) is 26.6. The van der Waals surface area contributed by atoms with E-state index in [0.29, 0.717) is 26.9 Å². The number of anilines is 1. The zero-order chi connectivity index (χ0) is 16.8. The number of carbonyl (C=O) groups is 2. The van der Waals surface area contributed by atoms with Crippen LogP contribution in [0.25, 0.3) is 0 Å². The average Bonchev–Trinajstić information content (AvgIpc) is 2.97. The fraction of sp³-hybridized carbons (Fsp3) is 0.250. The van der Waals surface area contributed by atoms with Gasteiger partial charge in [0.1, 0.15) is 0 Å². The van der Waals surface area contributed by atoms with Gasteiger partial charge >= 0.3 is 0 Å². The molecule has 5 nitrogen and oxygen atoms in total. The van der Waals surface area contributed by atoms with Crippen LogP contribution in [0.1, 0.15) is 29.5 Å². The molecule has 3 rings (SSSR count). The highest BCUT2D eigenvalue weighted by Gasteiger charge is 2.50. The van der Waals surface area contributed by atoms with Gasteiger partial charge in [-0.05, 0) is 44.8 Å². The second-order valence-electron chi connectivity index (χ2n) is 5.26. The summed E-state index contributed by atoms with van der Waals surface area (Å²) in [6, 6.07) is 8.48. The van der Waals surface area contributed by atoms with Crippen LogP contribution in [0.2, 0.25) is 0 Å². The lowest BCUT2D eigenvalue weighted by Gasteiger charge is -2.21. The number of furan rings is 1. The van der Waals surface area contributed by atoms with Crippen LogP contribution in [-0.2, 0) is 10.4 Å². The molecule has 0 saturated carbocycles. The highest BCUT2D eigenvalue weighted by atomic mass is 79.9. The summed E-state index contributed by atoms with van der Waals surface area (Å²) in [5.74, 6) is -0.850. The Morgan fingerprint density at radius 1 is 1.35 bits per heavy atom. The molecule has 7 heteroatoms. The standard InChI is InChI=1S/C16H13Br2NO4/c1-2-19-11-6-4-3-5-9(11)16(22,15(19)21)8-12(20)13-7-10(17)14(18)23-13/h3-7,22H,2,8H2,1H3/t16-/m0/s1. The van der Waals surface area contributed by atoms with E-state index >= 15 is 0 Å². The summed E-state index contributed by atoms with van der Waals surface area (Å²) in [5.41, 5.74) is -0.780. The molecule has 120 valence electrons. The number of Topliss-reactive ketones (excluding diaryl/α,β-unsaturated/α-hetero) is 1. The predicted molar refractivity (Wildman–Crippen MR) is 91.4 cm³/mol. The number of nitrogens with zero attached hydrogens (tertiary/aromatic N) is 1. The zero-order valence-corrected chi connectivity index (χ0v) is 15.3. The second-order valence-corrected chi connectivity index (χ2v) is 6.83. The van der Waals surface area contributed by atoms with Gasteiger partial charge in [-0.1, -0.05) is 18.2 Å². The number of ketones is 1. The first-order valence-electron chi connectivity index (χ1n) is 7.00. The Bertz CT molecular complexity index is 782. The smallest absolute Gasteiger partial charge is 0.264 e. The van der Waals surface area contributed by atoms with Crippen LogP contribution in [0.5, 0.6) is 0 Å². The molecule has 0 spiro atoms. The van der Waals surface area contributed by atoms with E-state index in [4.69, 9.17) is 4.42 Å². The number of hydrogen-bond donors (Lipinski definition) is 1. The Labute approximate surface area is 149 Å². The van der Waals surface area contributed by atoms with E-state index in [-0.39, 0.29) is 12.2 Å². The number of hydrogen-bond acceptors (Lipinski definition) is 4. The summed E-state index contributed by atoms with van der Waals surface area (Å²) < 4.78 is 6.28. The number of aliphatic hydroxyl groups is 1. The van der Waals surface area contributed by atoms with Crippen molar-refractivity contribution < 1.29 is 19.1 Å². The number of carbonyl (C=O) groups excluding carboxylic acids is 2. The summed E-state index contributed by atoms with van der Waals surface area (Å²) in [6.07, 6.45) is -0.369. The quantitative estimate of drug-likeness (QED) is 0.734. The molecule has 0 radical (unpaired) electrons. The van der Waals surface area contributed by atoms with Gasteiger partial charge in [0, 0.05) is 18.2 Å². The molecule has 1 amide bonds. The zero-order valence-electron chi connectivity index (χ0n) is 12.2. The maximum absolute atomic E-state index is 12.6. The topological polar surface area (TPSA) is 70.8 Å². The first-order chi connectivity index (χ1) is 10.9. The van der Waals surface area contributed by atoms with E-state index in [1.807, 2.05) is 6.92 Å². The van der Waals surface area contributed by atoms with Crippen LogP contribution in [-0.4, -0.2) is 23.3 Å². The number of amides is 1. The van der Waals surface area contributed by atoms with E-state index in [1.165, 1.54) is 11.0 Å². The normalized spacial score (nSPS) is 20.0. The molecule has 0 aliphatic carbocycles. The Morgan fingerprint density at radius 3 is 2.65 bits per heavy atom. The number of likely N-dealkylation sites (N-methyl/N-ethyl adjacent to an activating group) is 1. The Kier molecular flexibility index (Phi) is 4.20. The Morgan fingerprint density at radius 2 is 2.04 bits per heavy atom. The van der Waals surface area contributed by atoms with Gasteiger partial charge in [-0.3, -0.25) is 9.59 Å². The lowest BCUT2D eigenvalue weighted by molar-refractivity contribution is -0.135. The van der Waals surface area contributed by atoms with Crippen LogP contribution in [0, 0.1) is 0 Å². The third-order valence-corrected chi connectivity index (χ3v) is 5.60. The first-order valence-corrected chi connectivity index (χ1v) is 8.59. The van der Waals surface area contributed by atoms with Crippen molar-refractivity contribution in [2.45, 2.75) is 18.9 Å². The molecule has 1 aromatic heterocycles. The maximum atomic E-state index is 12.6. The second kappa shape index (κ2) is 5.89. The number of benzene rings is 1. The molecule has 2 aromatic rings. The fourth-order valence-electron chi connectivity index (χ4n) is 2.79. The third-order valence-electron chi connectivity index (χ3n) is 3.89. The molecular formula is C16H13Br2NO4. The predicted octanol–water partition coefficient (Wildman–Crippen LogP) is 3.63. The van der Waals surface area contributed by atoms with Crippen LogP contribution in [0.4, 0.5) is 5.69 Å². The number of rotatable bonds is 4. The Balaban J connectivity index is 1.98. The summed E-state index contributed by atoms with van der Waals surface area (Å²) in [7, 11) is 0. The van der Waals surface area contributed by atoms with E-state index in [2.05, 4.69) is 31.9 Å². The molecule has 23 heavy (non-hydrogen) atoms. The largest absolute Gasteiger partial charge is 0.445 e. The van der Waals surface area contributed by atoms with Crippen LogP contribution >= 0.6 is 31.9 Å². The van der Waals surface area contributed by atoms with E-state index < -0.39 is 17.3 Å². The minimum atomic E-state index is -1.87. The third kappa shape index (κ3) is 2.56. The van der Waals surface area contributed by atoms with E-state index in [0.717, 1.165) is 0 Å². The number of para-hydroxylation sites is 1. The van der Waals surface area contributed by atoms with Crippen LogP contribution in [0.15, 0.2) is 43.9 Å². The van der Waals surface area contributed by atoms with Gasteiger partial charge in [0.05, 0.1) is 16.6 Å². The minimum Gasteiger partial charge on any atom is -0.445 e. The molecule has 2 heterocycles. The van der Waals surface area contributed by atoms with Gasteiger partial charge in [-0.25, -0.2) is 0 Å². The van der Waals surface area contributed by atoms with Crippen molar-refractivity contribution in [1.82, 2.24) is 0 Å². The van der Waals surface area contributed by atoms with Crippen molar-refractivity contribution in [3.8, 4) is 0 Å². The number of fused-ring (bicyclic) bond motifs is 1. The van der Waals surface area contributed by atoms with Crippen molar-refractivity contribution in [3.63, 3.8) is 0 Å². The van der Waals surface area contributed by atoms with Crippen LogP contribution < -0.4 is 4.90 Å². The molecule has 0 bridgehead atoms. The number of halogens is 2. The van der Waals surface area contributed by atoms with Gasteiger partial charge < -0.3 is 14.4 Å². The summed E-state index contributed by atoms with van der Waals surface area (Å²) in [6.45, 7) is 2.24. The van der Waals surface area contributed by atoms with E-state index in [9.17, 15) is 14.7 Å². The van der Waals surface area contributed by atoms with E-state index in [1.54, 1.807) is 24.3 Å². The van der Waals surface area contributed by atoms with Gasteiger partial charge in [0.15, 0.2) is 16.0 Å². The van der Waals surface area contributed by atoms with Crippen molar-refractivity contribution in [2.75, 3.05) is 11.4 Å². The van der Waals surface area contributed by atoms with Gasteiger partial charge in [-0.2, -0.15) is 0 Å². The SMILES string of the molecule is CCN1C(=O)[C@](O)(CC(=O)c2cc(Br)c(Br)o2)c2ccccc21. The van der Waals surface area contributed by atoms with Crippen molar-refractivity contribution in [2.24, 2.45) is 0 Å².